The zero-order valence-corrected chi connectivity index (χ0v) is 18.0. The number of aryl methyl sites for hydroxylation is 1. The molecule has 0 spiro atoms. The van der Waals surface area contributed by atoms with Gasteiger partial charge in [-0.25, -0.2) is 4.39 Å². The van der Waals surface area contributed by atoms with Gasteiger partial charge < -0.3 is 24.0 Å². The van der Waals surface area contributed by atoms with Crippen LogP contribution in [-0.2, 0) is 21.4 Å². The quantitative estimate of drug-likeness (QED) is 0.363. The number of carbonyl (C=O) groups excluding carboxylic acids is 2. The van der Waals surface area contributed by atoms with Crippen LogP contribution in [0.25, 0.3) is 16.7 Å². The maximum absolute atomic E-state index is 14.0. The first-order chi connectivity index (χ1) is 15.4. The van der Waals surface area contributed by atoms with Crippen molar-refractivity contribution in [1.29, 1.82) is 0 Å². The molecule has 1 aliphatic rings. The first-order valence-electron chi connectivity index (χ1n) is 10.0. The Morgan fingerprint density at radius 3 is 2.62 bits per heavy atom. The number of benzene rings is 2. The van der Waals surface area contributed by atoms with E-state index in [0.717, 1.165) is 17.0 Å². The number of ketones is 1. The Hall–Kier alpha value is -3.65. The molecule has 8 heteroatoms. The van der Waals surface area contributed by atoms with Crippen molar-refractivity contribution in [3.8, 4) is 5.75 Å². The smallest absolute Gasteiger partial charge is 0.295 e. The van der Waals surface area contributed by atoms with Crippen LogP contribution in [0.1, 0.15) is 17.2 Å². The van der Waals surface area contributed by atoms with Gasteiger partial charge in [0.25, 0.3) is 11.7 Å². The first kappa shape index (κ1) is 21.6. The van der Waals surface area contributed by atoms with Gasteiger partial charge in [0.2, 0.25) is 0 Å². The second kappa shape index (κ2) is 8.47. The molecular weight excluding hydrogens is 415 g/mol. The number of fused-ring (bicyclic) bond motifs is 1. The number of ether oxygens (including phenoxy) is 2. The third kappa shape index (κ3) is 3.42. The maximum Gasteiger partial charge on any atom is 0.295 e. The molecule has 1 unspecified atom stereocenters. The number of para-hydroxylation sites is 1. The van der Waals surface area contributed by atoms with Gasteiger partial charge in [-0.15, -0.1) is 0 Å². The highest BCUT2D eigenvalue weighted by atomic mass is 19.1. The van der Waals surface area contributed by atoms with Crippen LogP contribution in [0.15, 0.2) is 54.2 Å². The normalized spacial score (nSPS) is 18.0. The summed E-state index contributed by atoms with van der Waals surface area (Å²) >= 11 is 0. The van der Waals surface area contributed by atoms with E-state index in [1.54, 1.807) is 0 Å². The second-order valence-electron chi connectivity index (χ2n) is 7.54. The molecule has 1 atom stereocenters. The number of amides is 1. The van der Waals surface area contributed by atoms with E-state index in [0.29, 0.717) is 5.56 Å². The highest BCUT2D eigenvalue weighted by Gasteiger charge is 2.47. The molecule has 7 nitrogen and oxygen atoms in total. The minimum atomic E-state index is -0.871. The Morgan fingerprint density at radius 2 is 1.91 bits per heavy atom. The molecule has 2 aromatic carbocycles. The molecule has 0 aliphatic carbocycles. The van der Waals surface area contributed by atoms with Gasteiger partial charge in [0, 0.05) is 43.4 Å². The molecule has 0 radical (unpaired) electrons. The summed E-state index contributed by atoms with van der Waals surface area (Å²) < 4.78 is 26.3. The van der Waals surface area contributed by atoms with Crippen molar-refractivity contribution in [2.24, 2.45) is 7.05 Å². The molecular formula is C24H23FN2O5. The number of aliphatic hydroxyl groups is 1. The number of rotatable bonds is 6. The van der Waals surface area contributed by atoms with Gasteiger partial charge in [-0.1, -0.05) is 18.2 Å². The van der Waals surface area contributed by atoms with Crippen molar-refractivity contribution in [2.45, 2.75) is 6.04 Å². The monoisotopic (exact) mass is 438 g/mol. The van der Waals surface area contributed by atoms with Crippen molar-refractivity contribution < 1.29 is 28.6 Å². The zero-order valence-electron chi connectivity index (χ0n) is 18.0. The number of methoxy groups -OCH3 is 2. The highest BCUT2D eigenvalue weighted by Crippen LogP contribution is 2.43. The predicted molar refractivity (Wildman–Crippen MR) is 117 cm³/mol. The molecule has 166 valence electrons. The lowest BCUT2D eigenvalue weighted by atomic mass is 9.94. The fraction of sp³-hybridized carbons (Fsp3) is 0.250. The average molecular weight is 438 g/mol. The summed E-state index contributed by atoms with van der Waals surface area (Å²) in [6.07, 6.45) is 1.83. The van der Waals surface area contributed by atoms with Crippen molar-refractivity contribution in [2.75, 3.05) is 27.4 Å². The Labute approximate surface area is 184 Å². The zero-order chi connectivity index (χ0) is 23.0. The van der Waals surface area contributed by atoms with E-state index in [-0.39, 0.29) is 30.0 Å². The van der Waals surface area contributed by atoms with E-state index >= 15 is 0 Å². The van der Waals surface area contributed by atoms with Crippen LogP contribution in [0.3, 0.4) is 0 Å². The number of aliphatic hydroxyl groups excluding tert-OH is 1. The van der Waals surface area contributed by atoms with E-state index < -0.39 is 29.3 Å². The van der Waals surface area contributed by atoms with Gasteiger partial charge >= 0.3 is 0 Å². The summed E-state index contributed by atoms with van der Waals surface area (Å²) in [6, 6.07) is 10.3. The van der Waals surface area contributed by atoms with Crippen LogP contribution in [-0.4, -0.2) is 53.6 Å². The lowest BCUT2D eigenvalue weighted by Crippen LogP contribution is -2.32. The van der Waals surface area contributed by atoms with Gasteiger partial charge in [-0.3, -0.25) is 9.59 Å². The molecule has 1 aliphatic heterocycles. The predicted octanol–water partition coefficient (Wildman–Crippen LogP) is 3.39. The van der Waals surface area contributed by atoms with Crippen molar-refractivity contribution >= 4 is 28.4 Å². The standard InChI is InChI=1S/C24H23FN2O5/c1-26-13-17(15-6-4-5-7-18(15)26)21-20(23(29)24(30)27(21)10-11-31-2)22(28)16-12-14(25)8-9-19(16)32-3/h4-9,12-13,21,28H,10-11H2,1-3H3/b22-20+. The largest absolute Gasteiger partial charge is 0.507 e. The number of nitrogens with zero attached hydrogens (tertiary/aromatic N) is 2. The molecule has 1 saturated heterocycles. The van der Waals surface area contributed by atoms with Crippen molar-refractivity contribution in [3.63, 3.8) is 0 Å². The lowest BCUT2D eigenvalue weighted by molar-refractivity contribution is -0.140. The molecule has 1 N–H and O–H groups in total. The topological polar surface area (TPSA) is 81.0 Å². The van der Waals surface area contributed by atoms with Crippen molar-refractivity contribution in [1.82, 2.24) is 9.47 Å². The fourth-order valence-electron chi connectivity index (χ4n) is 4.22. The number of Topliss-reactive ketones (excluding diaryl/α,β-unsaturated/α-hetero) is 1. The minimum Gasteiger partial charge on any atom is -0.507 e. The fourth-order valence-corrected chi connectivity index (χ4v) is 4.22. The van der Waals surface area contributed by atoms with E-state index in [9.17, 15) is 19.1 Å². The lowest BCUT2D eigenvalue weighted by Gasteiger charge is -2.24. The third-order valence-corrected chi connectivity index (χ3v) is 5.72. The number of likely N-dealkylation sites (tertiary alicyclic amines) is 1. The molecule has 2 heterocycles. The van der Waals surface area contributed by atoms with Crippen LogP contribution in [0, 0.1) is 5.82 Å². The van der Waals surface area contributed by atoms with E-state index in [1.165, 1.54) is 31.3 Å². The number of carbonyl (C=O) groups is 2. The molecule has 32 heavy (non-hydrogen) atoms. The van der Waals surface area contributed by atoms with E-state index in [4.69, 9.17) is 9.47 Å². The second-order valence-corrected chi connectivity index (χ2v) is 7.54. The van der Waals surface area contributed by atoms with Gasteiger partial charge in [0.15, 0.2) is 0 Å². The minimum absolute atomic E-state index is 0.00229. The summed E-state index contributed by atoms with van der Waals surface area (Å²) in [4.78, 5) is 27.5. The van der Waals surface area contributed by atoms with Gasteiger partial charge in [-0.2, -0.15) is 0 Å². The molecule has 1 amide bonds. The summed E-state index contributed by atoms with van der Waals surface area (Å²) in [7, 11) is 4.74. The Balaban J connectivity index is 1.99. The van der Waals surface area contributed by atoms with E-state index in [2.05, 4.69) is 0 Å². The summed E-state index contributed by atoms with van der Waals surface area (Å²) in [5.41, 5.74) is 1.47. The van der Waals surface area contributed by atoms with Crippen LogP contribution in [0.4, 0.5) is 4.39 Å². The first-order valence-corrected chi connectivity index (χ1v) is 10.0. The summed E-state index contributed by atoms with van der Waals surface area (Å²) in [6.45, 7) is 0.351. The Morgan fingerprint density at radius 1 is 1.16 bits per heavy atom. The van der Waals surface area contributed by atoms with Gasteiger partial charge in [0.1, 0.15) is 17.3 Å². The number of aromatic nitrogens is 1. The van der Waals surface area contributed by atoms with Crippen LogP contribution in [0.2, 0.25) is 0 Å². The summed E-state index contributed by atoms with van der Waals surface area (Å²) in [5.74, 6) is -2.51. The van der Waals surface area contributed by atoms with Crippen LogP contribution < -0.4 is 4.74 Å². The number of hydrogen-bond donors (Lipinski definition) is 1. The molecule has 3 aromatic rings. The number of hydrogen-bond acceptors (Lipinski definition) is 5. The van der Waals surface area contributed by atoms with E-state index in [1.807, 2.05) is 42.1 Å². The molecule has 1 fully saturated rings. The summed E-state index contributed by atoms with van der Waals surface area (Å²) in [5, 5.41) is 12.0. The third-order valence-electron chi connectivity index (χ3n) is 5.72. The van der Waals surface area contributed by atoms with Crippen LogP contribution in [0.5, 0.6) is 5.75 Å². The number of halogens is 1. The highest BCUT2D eigenvalue weighted by molar-refractivity contribution is 6.46. The van der Waals surface area contributed by atoms with Gasteiger partial charge in [0.05, 0.1) is 30.9 Å². The van der Waals surface area contributed by atoms with Gasteiger partial charge in [-0.05, 0) is 24.3 Å². The SMILES string of the molecule is COCCN1C(=O)C(=O)/C(=C(/O)c2cc(F)ccc2OC)C1c1cn(C)c2ccccc12. The molecule has 0 bridgehead atoms. The van der Waals surface area contributed by atoms with Crippen LogP contribution >= 0.6 is 0 Å². The molecule has 4 rings (SSSR count). The van der Waals surface area contributed by atoms with Crippen molar-refractivity contribution in [3.05, 3.63) is 71.2 Å². The molecule has 1 aromatic heterocycles. The average Bonchev–Trinajstić information content (AvgIpc) is 3.25. The Bertz CT molecular complexity index is 1250. The Kier molecular flexibility index (Phi) is 5.71. The molecule has 0 saturated carbocycles. The maximum atomic E-state index is 14.0.